The van der Waals surface area contributed by atoms with E-state index in [1.807, 2.05) is 18.2 Å². The van der Waals surface area contributed by atoms with Crippen LogP contribution in [0.25, 0.3) is 16.5 Å². The van der Waals surface area contributed by atoms with Gasteiger partial charge in [-0.1, -0.05) is 30.7 Å². The Labute approximate surface area is 124 Å². The second kappa shape index (κ2) is 7.36. The lowest BCUT2D eigenvalue weighted by molar-refractivity contribution is 0.631. The second-order valence-electron chi connectivity index (χ2n) is 4.85. The Morgan fingerprint density at radius 2 is 2.05 bits per heavy atom. The first-order valence-electron chi connectivity index (χ1n) is 6.93. The van der Waals surface area contributed by atoms with Gasteiger partial charge in [0.05, 0.1) is 0 Å². The van der Waals surface area contributed by atoms with Crippen LogP contribution in [0.3, 0.4) is 0 Å². The van der Waals surface area contributed by atoms with E-state index >= 15 is 0 Å². The molecule has 0 saturated heterocycles. The maximum atomic E-state index is 13.7. The Kier molecular flexibility index (Phi) is 5.50. The van der Waals surface area contributed by atoms with Crippen LogP contribution < -0.4 is 5.32 Å². The molecule has 1 heterocycles. The molecule has 0 radical (unpaired) electrons. The molecule has 0 aliphatic carbocycles. The van der Waals surface area contributed by atoms with Gasteiger partial charge in [-0.3, -0.25) is 0 Å². The summed E-state index contributed by atoms with van der Waals surface area (Å²) in [5, 5.41) is 3.38. The Morgan fingerprint density at radius 1 is 1.25 bits per heavy atom. The maximum absolute atomic E-state index is 13.7. The highest BCUT2D eigenvalue weighted by Crippen LogP contribution is 2.30. The third kappa shape index (κ3) is 4.02. The molecule has 0 spiro atoms. The molecule has 0 aliphatic heterocycles. The molecule has 20 heavy (non-hydrogen) atoms. The van der Waals surface area contributed by atoms with Gasteiger partial charge in [0, 0.05) is 21.9 Å². The van der Waals surface area contributed by atoms with Crippen molar-refractivity contribution in [2.45, 2.75) is 20.3 Å². The number of halogens is 1. The first-order valence-corrected chi connectivity index (χ1v) is 7.75. The summed E-state index contributed by atoms with van der Waals surface area (Å²) in [6.07, 6.45) is 3.31. The van der Waals surface area contributed by atoms with Crippen molar-refractivity contribution in [3.05, 3.63) is 52.7 Å². The van der Waals surface area contributed by atoms with E-state index in [0.29, 0.717) is 5.56 Å². The summed E-state index contributed by atoms with van der Waals surface area (Å²) in [4.78, 5) is 2.14. The van der Waals surface area contributed by atoms with Crippen LogP contribution in [0, 0.1) is 5.82 Å². The third-order valence-corrected chi connectivity index (χ3v) is 4.05. The number of thiophene rings is 1. The van der Waals surface area contributed by atoms with Gasteiger partial charge in [0.15, 0.2) is 0 Å². The number of hydrogen-bond donors (Lipinski definition) is 1. The fraction of sp³-hybridized carbons (Fsp3) is 0.294. The molecule has 0 amide bonds. The molecule has 0 saturated carbocycles. The van der Waals surface area contributed by atoms with Gasteiger partial charge in [-0.25, -0.2) is 4.39 Å². The Morgan fingerprint density at radius 3 is 2.80 bits per heavy atom. The Bertz CT molecular complexity index is 586. The van der Waals surface area contributed by atoms with Crippen LogP contribution in [0.1, 0.15) is 25.1 Å². The van der Waals surface area contributed by atoms with Gasteiger partial charge >= 0.3 is 0 Å². The normalized spacial score (nSPS) is 11.8. The summed E-state index contributed by atoms with van der Waals surface area (Å²) >= 11 is 1.62. The quantitative estimate of drug-likeness (QED) is 0.741. The lowest BCUT2D eigenvalue weighted by atomic mass is 10.2. The van der Waals surface area contributed by atoms with E-state index in [4.69, 9.17) is 0 Å². The third-order valence-electron chi connectivity index (χ3n) is 2.99. The molecule has 0 bridgehead atoms. The van der Waals surface area contributed by atoms with Gasteiger partial charge < -0.3 is 5.32 Å². The van der Waals surface area contributed by atoms with Crippen molar-refractivity contribution in [1.82, 2.24) is 5.32 Å². The van der Waals surface area contributed by atoms with Crippen molar-refractivity contribution in [2.75, 3.05) is 13.1 Å². The number of nitrogens with one attached hydrogen (secondary N) is 1. The molecule has 1 aromatic carbocycles. The zero-order chi connectivity index (χ0) is 14.4. The SMILES string of the molecule is CCCNCC(C)=Cc1ccc(-c2ccccc2F)s1. The predicted molar refractivity (Wildman–Crippen MR) is 86.5 cm³/mol. The molecule has 1 N–H and O–H groups in total. The van der Waals surface area contributed by atoms with E-state index in [2.05, 4.69) is 31.3 Å². The van der Waals surface area contributed by atoms with Crippen LogP contribution >= 0.6 is 11.3 Å². The number of rotatable bonds is 6. The molecule has 2 aromatic rings. The average Bonchev–Trinajstić information content (AvgIpc) is 2.88. The minimum Gasteiger partial charge on any atom is -0.313 e. The Hall–Kier alpha value is -1.45. The largest absolute Gasteiger partial charge is 0.313 e. The van der Waals surface area contributed by atoms with Crippen molar-refractivity contribution >= 4 is 17.4 Å². The van der Waals surface area contributed by atoms with Crippen molar-refractivity contribution in [3.8, 4) is 10.4 Å². The van der Waals surface area contributed by atoms with E-state index in [0.717, 1.165) is 24.4 Å². The fourth-order valence-corrected chi connectivity index (χ4v) is 3.05. The molecule has 1 aromatic heterocycles. The average molecular weight is 289 g/mol. The zero-order valence-electron chi connectivity index (χ0n) is 11.9. The Balaban J connectivity index is 2.09. The molecule has 0 unspecified atom stereocenters. The van der Waals surface area contributed by atoms with Gasteiger partial charge in [0.2, 0.25) is 0 Å². The fourth-order valence-electron chi connectivity index (χ4n) is 1.99. The van der Waals surface area contributed by atoms with Crippen molar-refractivity contribution in [2.24, 2.45) is 0 Å². The zero-order valence-corrected chi connectivity index (χ0v) is 12.8. The van der Waals surface area contributed by atoms with Gasteiger partial charge in [-0.15, -0.1) is 11.3 Å². The first kappa shape index (κ1) is 14.9. The minimum atomic E-state index is -0.161. The number of benzene rings is 1. The topological polar surface area (TPSA) is 12.0 Å². The molecule has 0 fully saturated rings. The lowest BCUT2D eigenvalue weighted by Crippen LogP contribution is -2.16. The van der Waals surface area contributed by atoms with E-state index < -0.39 is 0 Å². The summed E-state index contributed by atoms with van der Waals surface area (Å²) in [6.45, 7) is 6.22. The molecular formula is C17H20FNS. The lowest BCUT2D eigenvalue weighted by Gasteiger charge is -2.02. The summed E-state index contributed by atoms with van der Waals surface area (Å²) in [7, 11) is 0. The van der Waals surface area contributed by atoms with E-state index in [-0.39, 0.29) is 5.82 Å². The van der Waals surface area contributed by atoms with Gasteiger partial charge in [0.25, 0.3) is 0 Å². The standard InChI is InChI=1S/C17H20FNS/c1-3-10-19-12-13(2)11-14-8-9-17(20-14)15-6-4-5-7-16(15)18/h4-9,11,19H,3,10,12H2,1-2H3. The van der Waals surface area contributed by atoms with Crippen LogP contribution in [0.15, 0.2) is 42.0 Å². The highest BCUT2D eigenvalue weighted by atomic mass is 32.1. The monoisotopic (exact) mass is 289 g/mol. The highest BCUT2D eigenvalue weighted by Gasteiger charge is 2.06. The summed E-state index contributed by atoms with van der Waals surface area (Å²) < 4.78 is 13.7. The molecule has 1 nitrogen and oxygen atoms in total. The van der Waals surface area contributed by atoms with Crippen LogP contribution in [0.5, 0.6) is 0 Å². The molecule has 2 rings (SSSR count). The smallest absolute Gasteiger partial charge is 0.131 e. The molecular weight excluding hydrogens is 269 g/mol. The van der Waals surface area contributed by atoms with Crippen molar-refractivity contribution in [1.29, 1.82) is 0 Å². The van der Waals surface area contributed by atoms with E-state index in [9.17, 15) is 4.39 Å². The summed E-state index contributed by atoms with van der Waals surface area (Å²) in [6, 6.07) is 11.0. The van der Waals surface area contributed by atoms with Gasteiger partial charge in [-0.05, 0) is 44.2 Å². The van der Waals surface area contributed by atoms with Crippen LogP contribution in [0.2, 0.25) is 0 Å². The van der Waals surface area contributed by atoms with E-state index in [1.165, 1.54) is 16.5 Å². The minimum absolute atomic E-state index is 0.161. The maximum Gasteiger partial charge on any atom is 0.131 e. The second-order valence-corrected chi connectivity index (χ2v) is 5.96. The van der Waals surface area contributed by atoms with E-state index in [1.54, 1.807) is 17.4 Å². The summed E-state index contributed by atoms with van der Waals surface area (Å²) in [5.41, 5.74) is 1.97. The van der Waals surface area contributed by atoms with Crippen molar-refractivity contribution < 1.29 is 4.39 Å². The van der Waals surface area contributed by atoms with Crippen LogP contribution in [0.4, 0.5) is 4.39 Å². The van der Waals surface area contributed by atoms with Crippen molar-refractivity contribution in [3.63, 3.8) is 0 Å². The molecule has 0 aliphatic rings. The predicted octanol–water partition coefficient (Wildman–Crippen LogP) is 4.96. The van der Waals surface area contributed by atoms with Gasteiger partial charge in [-0.2, -0.15) is 0 Å². The van der Waals surface area contributed by atoms with Crippen LogP contribution in [-0.2, 0) is 0 Å². The highest BCUT2D eigenvalue weighted by molar-refractivity contribution is 7.16. The molecule has 0 atom stereocenters. The summed E-state index contributed by atoms with van der Waals surface area (Å²) in [5.74, 6) is -0.161. The molecule has 3 heteroatoms. The van der Waals surface area contributed by atoms with Crippen LogP contribution in [-0.4, -0.2) is 13.1 Å². The number of hydrogen-bond acceptors (Lipinski definition) is 2. The first-order chi connectivity index (χ1) is 9.70. The van der Waals surface area contributed by atoms with Gasteiger partial charge in [0.1, 0.15) is 5.82 Å². The molecule has 106 valence electrons.